The molecule has 2 aliphatic rings. The minimum atomic E-state index is -0.496. The number of fused-ring (bicyclic) bond motifs is 1. The van der Waals surface area contributed by atoms with E-state index < -0.39 is 5.54 Å². The van der Waals surface area contributed by atoms with Crippen LogP contribution in [-0.2, 0) is 0 Å². The van der Waals surface area contributed by atoms with Gasteiger partial charge in [-0.3, -0.25) is 14.9 Å². The van der Waals surface area contributed by atoms with Gasteiger partial charge in [-0.25, -0.2) is 4.98 Å². The van der Waals surface area contributed by atoms with Gasteiger partial charge < -0.3 is 15.5 Å². The molecule has 3 aromatic heterocycles. The number of rotatable bonds is 2. The smallest absolute Gasteiger partial charge is 0.274 e. The number of carbonyl (C=O) groups excluding carboxylic acids is 1. The molecule has 1 unspecified atom stereocenters. The summed E-state index contributed by atoms with van der Waals surface area (Å²) in [5, 5.41) is 16.5. The first-order valence-electron chi connectivity index (χ1n) is 10.8. The summed E-state index contributed by atoms with van der Waals surface area (Å²) in [5.41, 5.74) is 1.46. The lowest BCUT2D eigenvalue weighted by atomic mass is 9.85. The third-order valence-corrected chi connectivity index (χ3v) is 6.59. The second-order valence-electron chi connectivity index (χ2n) is 9.34. The number of amides is 1. The van der Waals surface area contributed by atoms with Crippen LogP contribution in [0.15, 0.2) is 46.9 Å². The number of likely N-dealkylation sites (tertiary alicyclic amines) is 1. The molecule has 32 heavy (non-hydrogen) atoms. The van der Waals surface area contributed by atoms with Crippen LogP contribution >= 0.6 is 11.3 Å². The summed E-state index contributed by atoms with van der Waals surface area (Å²) in [6, 6.07) is 9.76. The summed E-state index contributed by atoms with van der Waals surface area (Å²) in [6.07, 6.45) is 3.50. The third kappa shape index (κ3) is 3.88. The maximum Gasteiger partial charge on any atom is 0.274 e. The molecule has 1 spiro atoms. The van der Waals surface area contributed by atoms with Crippen LogP contribution in [0.5, 0.6) is 0 Å². The number of nitrogens with zero attached hydrogens (tertiary/aromatic N) is 4. The van der Waals surface area contributed by atoms with E-state index >= 15 is 0 Å². The second kappa shape index (κ2) is 7.74. The Morgan fingerprint density at radius 2 is 2.16 bits per heavy atom. The minimum Gasteiger partial charge on any atom is -0.368 e. The van der Waals surface area contributed by atoms with Crippen LogP contribution < -0.4 is 10.6 Å². The van der Waals surface area contributed by atoms with E-state index in [4.69, 9.17) is 4.99 Å². The van der Waals surface area contributed by atoms with Gasteiger partial charge in [0.25, 0.3) is 5.91 Å². The lowest BCUT2D eigenvalue weighted by Gasteiger charge is -2.47. The van der Waals surface area contributed by atoms with Crippen molar-refractivity contribution in [3.8, 4) is 10.6 Å². The average molecular weight is 450 g/mol. The zero-order chi connectivity index (χ0) is 22.3. The summed E-state index contributed by atoms with van der Waals surface area (Å²) >= 11 is 1.62. The fourth-order valence-corrected chi connectivity index (χ4v) is 4.99. The van der Waals surface area contributed by atoms with Crippen molar-refractivity contribution >= 4 is 34.6 Å². The lowest BCUT2D eigenvalue weighted by molar-refractivity contribution is 0.0688. The van der Waals surface area contributed by atoms with Crippen LogP contribution in [0.1, 0.15) is 44.1 Å². The summed E-state index contributed by atoms with van der Waals surface area (Å²) < 4.78 is 0. The molecule has 3 N–H and O–H groups in total. The van der Waals surface area contributed by atoms with Gasteiger partial charge in [0.1, 0.15) is 11.4 Å². The van der Waals surface area contributed by atoms with Gasteiger partial charge in [-0.2, -0.15) is 5.10 Å². The number of pyridine rings is 1. The zero-order valence-electron chi connectivity index (χ0n) is 18.5. The Labute approximate surface area is 191 Å². The highest BCUT2D eigenvalue weighted by molar-refractivity contribution is 7.13. The quantitative estimate of drug-likeness (QED) is 0.543. The van der Waals surface area contributed by atoms with Gasteiger partial charge in [-0.15, -0.1) is 11.3 Å². The third-order valence-electron chi connectivity index (χ3n) is 5.68. The topological polar surface area (TPSA) is 98.3 Å². The highest BCUT2D eigenvalue weighted by Crippen LogP contribution is 2.36. The number of piperidine rings is 1. The molecule has 0 aliphatic carbocycles. The first-order chi connectivity index (χ1) is 15.3. The van der Waals surface area contributed by atoms with Gasteiger partial charge in [0.15, 0.2) is 11.5 Å². The molecule has 2 aliphatic heterocycles. The van der Waals surface area contributed by atoms with Crippen LogP contribution in [0.4, 0.5) is 11.5 Å². The molecule has 5 heterocycles. The Kier molecular flexibility index (Phi) is 5.00. The van der Waals surface area contributed by atoms with Crippen molar-refractivity contribution < 1.29 is 4.79 Å². The number of aromatic nitrogens is 3. The molecule has 3 aromatic rings. The van der Waals surface area contributed by atoms with Crippen LogP contribution in [0.2, 0.25) is 0 Å². The predicted molar refractivity (Wildman–Crippen MR) is 128 cm³/mol. The van der Waals surface area contributed by atoms with E-state index in [0.29, 0.717) is 18.8 Å². The summed E-state index contributed by atoms with van der Waals surface area (Å²) in [7, 11) is 0. The van der Waals surface area contributed by atoms with E-state index in [1.165, 1.54) is 0 Å². The fourth-order valence-electron chi connectivity index (χ4n) is 4.30. The van der Waals surface area contributed by atoms with Gasteiger partial charge in [0, 0.05) is 12.7 Å². The number of hydrogen-bond donors (Lipinski definition) is 3. The van der Waals surface area contributed by atoms with Crippen LogP contribution in [0, 0.1) is 0 Å². The molecule has 1 atom stereocenters. The molecule has 0 bridgehead atoms. The minimum absolute atomic E-state index is 0.0722. The van der Waals surface area contributed by atoms with Crippen LogP contribution in [-0.4, -0.2) is 56.0 Å². The standard InChI is InChI=1S/C23H27N7OS/c1-22(2,3)27-21-23(26-15-7-4-10-24-19(15)25-21)9-6-11-30(14-23)20(31)17-13-16(28-29-17)18-8-5-12-32-18/h4-5,7-8,10,12-13,26H,6,9,11,14H2,1-3H3,(H,28,29)(H,24,25,27). The number of anilines is 2. The monoisotopic (exact) mass is 449 g/mol. The number of aromatic amines is 1. The molecule has 0 radical (unpaired) electrons. The van der Waals surface area contributed by atoms with E-state index in [2.05, 4.69) is 46.6 Å². The second-order valence-corrected chi connectivity index (χ2v) is 10.3. The van der Waals surface area contributed by atoms with Crippen molar-refractivity contribution in [1.82, 2.24) is 20.1 Å². The fraction of sp³-hybridized carbons (Fsp3) is 0.391. The molecule has 1 amide bonds. The summed E-state index contributed by atoms with van der Waals surface area (Å²) in [5.74, 6) is 1.52. The Morgan fingerprint density at radius 1 is 1.28 bits per heavy atom. The van der Waals surface area contributed by atoms with E-state index in [1.54, 1.807) is 17.5 Å². The number of amidine groups is 1. The van der Waals surface area contributed by atoms with E-state index in [9.17, 15) is 4.79 Å². The maximum atomic E-state index is 13.4. The van der Waals surface area contributed by atoms with Crippen molar-refractivity contribution in [2.75, 3.05) is 23.7 Å². The molecule has 8 nitrogen and oxygen atoms in total. The number of hydrogen-bond acceptors (Lipinski definition) is 6. The summed E-state index contributed by atoms with van der Waals surface area (Å²) in [4.78, 5) is 25.8. The lowest BCUT2D eigenvalue weighted by Crippen LogP contribution is -2.63. The van der Waals surface area contributed by atoms with Gasteiger partial charge in [0.2, 0.25) is 0 Å². The van der Waals surface area contributed by atoms with Gasteiger partial charge in [-0.1, -0.05) is 6.07 Å². The highest BCUT2D eigenvalue weighted by atomic mass is 32.1. The van der Waals surface area contributed by atoms with Crippen LogP contribution in [0.3, 0.4) is 0 Å². The first-order valence-corrected chi connectivity index (χ1v) is 11.7. The van der Waals surface area contributed by atoms with Crippen molar-refractivity contribution in [1.29, 1.82) is 0 Å². The average Bonchev–Trinajstić information content (AvgIpc) is 3.45. The number of H-pyrrole nitrogens is 1. The van der Waals surface area contributed by atoms with E-state index in [0.717, 1.165) is 40.8 Å². The van der Waals surface area contributed by atoms with E-state index in [-0.39, 0.29) is 11.4 Å². The number of thiophene rings is 1. The number of aliphatic imine (C=N–C) groups is 1. The molecule has 0 saturated carbocycles. The van der Waals surface area contributed by atoms with Crippen LogP contribution in [0.25, 0.3) is 10.6 Å². The SMILES string of the molecule is CC(C)(C)N=C1Nc2ncccc2NC12CCCN(C(=O)c1cc(-c3cccs3)[nH]n1)C2. The normalized spacial score (nSPS) is 21.8. The maximum absolute atomic E-state index is 13.4. The van der Waals surface area contributed by atoms with Crippen molar-refractivity contribution in [2.45, 2.75) is 44.7 Å². The number of carbonyl (C=O) groups is 1. The molecule has 0 aromatic carbocycles. The van der Waals surface area contributed by atoms with Gasteiger partial charge in [-0.05, 0) is 63.3 Å². The van der Waals surface area contributed by atoms with Crippen molar-refractivity contribution in [3.05, 3.63) is 47.6 Å². The number of nitrogens with one attached hydrogen (secondary N) is 3. The Bertz CT molecular complexity index is 1160. The van der Waals surface area contributed by atoms with Crippen molar-refractivity contribution in [2.24, 2.45) is 4.99 Å². The molecule has 5 rings (SSSR count). The molecule has 9 heteroatoms. The molecule has 166 valence electrons. The van der Waals surface area contributed by atoms with Gasteiger partial charge in [0.05, 0.1) is 28.3 Å². The highest BCUT2D eigenvalue weighted by Gasteiger charge is 2.45. The summed E-state index contributed by atoms with van der Waals surface area (Å²) in [6.45, 7) is 7.41. The first kappa shape index (κ1) is 20.7. The van der Waals surface area contributed by atoms with E-state index in [1.807, 2.05) is 40.6 Å². The van der Waals surface area contributed by atoms with Crippen molar-refractivity contribution in [3.63, 3.8) is 0 Å². The molecule has 1 fully saturated rings. The molecular weight excluding hydrogens is 422 g/mol. The predicted octanol–water partition coefficient (Wildman–Crippen LogP) is 4.24. The molecule has 1 saturated heterocycles. The zero-order valence-corrected chi connectivity index (χ0v) is 19.3. The Hall–Kier alpha value is -3.20. The largest absolute Gasteiger partial charge is 0.368 e. The van der Waals surface area contributed by atoms with Gasteiger partial charge >= 0.3 is 0 Å². The molecular formula is C23H27N7OS. The Balaban J connectivity index is 1.45. The Morgan fingerprint density at radius 3 is 2.94 bits per heavy atom.